The van der Waals surface area contributed by atoms with Crippen LogP contribution >= 0.6 is 0 Å². The summed E-state index contributed by atoms with van der Waals surface area (Å²) in [4.78, 5) is 14.0. The molecule has 1 aliphatic heterocycles. The van der Waals surface area contributed by atoms with Crippen molar-refractivity contribution in [2.75, 3.05) is 0 Å². The number of hydrogen-bond acceptors (Lipinski definition) is 3. The molecule has 82 valence electrons. The third kappa shape index (κ3) is 1.03. The monoisotopic (exact) mass is 208 g/mol. The van der Waals surface area contributed by atoms with E-state index in [2.05, 4.69) is 30.8 Å². The van der Waals surface area contributed by atoms with Crippen molar-refractivity contribution in [2.24, 2.45) is 0 Å². The van der Waals surface area contributed by atoms with Gasteiger partial charge in [0.2, 0.25) is 0 Å². The van der Waals surface area contributed by atoms with Gasteiger partial charge in [-0.1, -0.05) is 0 Å². The summed E-state index contributed by atoms with van der Waals surface area (Å²) >= 11 is 0. The van der Waals surface area contributed by atoms with Gasteiger partial charge in [0, 0.05) is 12.1 Å². The van der Waals surface area contributed by atoms with Crippen LogP contribution in [-0.2, 0) is 5.54 Å². The fraction of sp³-hybridized carbons (Fsp3) is 0.727. The highest BCUT2D eigenvalue weighted by Gasteiger charge is 2.51. The van der Waals surface area contributed by atoms with Crippen LogP contribution in [0.2, 0.25) is 0 Å². The lowest BCUT2D eigenvalue weighted by atomic mass is 10.0. The second-order valence-corrected chi connectivity index (χ2v) is 5.15. The zero-order valence-electron chi connectivity index (χ0n) is 9.33. The first-order chi connectivity index (χ1) is 7.03. The van der Waals surface area contributed by atoms with Crippen LogP contribution in [0, 0.1) is 0 Å². The van der Waals surface area contributed by atoms with Crippen LogP contribution in [0.4, 0.5) is 0 Å². The maximum atomic E-state index is 11.6. The van der Waals surface area contributed by atoms with Crippen molar-refractivity contribution in [3.05, 3.63) is 21.7 Å². The number of rotatable bonds is 1. The molecular formula is C11H16N2O2. The Morgan fingerprint density at radius 3 is 2.67 bits per heavy atom. The first-order valence-electron chi connectivity index (χ1n) is 5.53. The number of aromatic nitrogens is 1. The second kappa shape index (κ2) is 2.55. The zero-order chi connectivity index (χ0) is 10.8. The van der Waals surface area contributed by atoms with E-state index in [0.717, 1.165) is 11.3 Å². The molecule has 1 aromatic heterocycles. The quantitative estimate of drug-likeness (QED) is 0.764. The molecule has 3 rings (SSSR count). The first kappa shape index (κ1) is 9.21. The number of hydrogen-bond donors (Lipinski definition) is 1. The minimum absolute atomic E-state index is 0.0952. The van der Waals surface area contributed by atoms with E-state index in [1.54, 1.807) is 0 Å². The van der Waals surface area contributed by atoms with Gasteiger partial charge in [-0.25, -0.2) is 9.95 Å². The van der Waals surface area contributed by atoms with Gasteiger partial charge in [-0.15, -0.1) is 0 Å². The Hall–Kier alpha value is -1.03. The highest BCUT2D eigenvalue weighted by atomic mass is 16.5. The Morgan fingerprint density at radius 1 is 1.47 bits per heavy atom. The molecule has 0 spiro atoms. The van der Waals surface area contributed by atoms with E-state index in [0.29, 0.717) is 6.04 Å². The molecule has 0 aromatic carbocycles. The highest BCUT2D eigenvalue weighted by molar-refractivity contribution is 5.33. The van der Waals surface area contributed by atoms with Gasteiger partial charge in [-0.3, -0.25) is 4.90 Å². The van der Waals surface area contributed by atoms with Crippen molar-refractivity contribution in [3.8, 4) is 0 Å². The molecular weight excluding hydrogens is 192 g/mol. The number of nitrogens with zero attached hydrogens (tertiary/aromatic N) is 1. The lowest BCUT2D eigenvalue weighted by Crippen LogP contribution is -2.39. The topological polar surface area (TPSA) is 49.2 Å². The Balaban J connectivity index is 2.16. The Morgan fingerprint density at radius 2 is 2.13 bits per heavy atom. The Labute approximate surface area is 88.2 Å². The molecule has 4 heteroatoms. The van der Waals surface area contributed by atoms with Crippen LogP contribution in [0.5, 0.6) is 0 Å². The third-order valence-corrected chi connectivity index (χ3v) is 3.77. The van der Waals surface area contributed by atoms with E-state index in [9.17, 15) is 4.79 Å². The largest absolute Gasteiger partial charge is 0.362 e. The van der Waals surface area contributed by atoms with Crippen LogP contribution in [0.3, 0.4) is 0 Å². The van der Waals surface area contributed by atoms with Crippen molar-refractivity contribution in [3.63, 3.8) is 0 Å². The van der Waals surface area contributed by atoms with Gasteiger partial charge in [-0.2, -0.15) is 0 Å². The van der Waals surface area contributed by atoms with Crippen LogP contribution in [0.25, 0.3) is 0 Å². The SMILES string of the molecule is CC1c2c([nH]oc2=O)C(C)(C)N1C1CC1. The fourth-order valence-corrected chi connectivity index (χ4v) is 3.02. The molecule has 0 amide bonds. The number of H-pyrrole nitrogens is 1. The normalized spacial score (nSPS) is 29.4. The average molecular weight is 208 g/mol. The summed E-state index contributed by atoms with van der Waals surface area (Å²) in [5.74, 6) is 0. The number of aromatic amines is 1. The van der Waals surface area contributed by atoms with Crippen LogP contribution in [0.15, 0.2) is 9.32 Å². The van der Waals surface area contributed by atoms with Crippen molar-refractivity contribution in [1.29, 1.82) is 0 Å². The minimum atomic E-state index is -0.200. The fourth-order valence-electron chi connectivity index (χ4n) is 3.02. The van der Waals surface area contributed by atoms with Crippen LogP contribution < -0.4 is 5.63 Å². The molecule has 1 atom stereocenters. The first-order valence-corrected chi connectivity index (χ1v) is 5.53. The summed E-state index contributed by atoms with van der Waals surface area (Å²) in [7, 11) is 0. The molecule has 0 bridgehead atoms. The summed E-state index contributed by atoms with van der Waals surface area (Å²) in [6.07, 6.45) is 2.51. The molecule has 1 saturated carbocycles. The molecule has 0 saturated heterocycles. The van der Waals surface area contributed by atoms with E-state index in [4.69, 9.17) is 4.52 Å². The van der Waals surface area contributed by atoms with Crippen LogP contribution in [-0.4, -0.2) is 16.1 Å². The molecule has 1 unspecified atom stereocenters. The van der Waals surface area contributed by atoms with Crippen molar-refractivity contribution >= 4 is 0 Å². The summed E-state index contributed by atoms with van der Waals surface area (Å²) < 4.78 is 4.88. The Bertz CT molecular complexity index is 453. The standard InChI is InChI=1S/C11H16N2O2/c1-6-8-9(12-15-10(8)14)11(2,3)13(6)7-4-5-7/h6-7,12H,4-5H2,1-3H3. The second-order valence-electron chi connectivity index (χ2n) is 5.15. The summed E-state index contributed by atoms with van der Waals surface area (Å²) in [6.45, 7) is 6.40. The Kier molecular flexibility index (Phi) is 1.57. The minimum Gasteiger partial charge on any atom is -0.338 e. The molecule has 0 radical (unpaired) electrons. The van der Waals surface area contributed by atoms with Gasteiger partial charge in [-0.05, 0) is 33.6 Å². The van der Waals surface area contributed by atoms with Gasteiger partial charge < -0.3 is 4.52 Å². The van der Waals surface area contributed by atoms with Gasteiger partial charge in [0.15, 0.2) is 0 Å². The maximum absolute atomic E-state index is 11.6. The summed E-state index contributed by atoms with van der Waals surface area (Å²) in [5, 5.41) is 2.79. The molecule has 1 fully saturated rings. The molecule has 2 heterocycles. The molecule has 1 aliphatic carbocycles. The van der Waals surface area contributed by atoms with Gasteiger partial charge >= 0.3 is 5.63 Å². The molecule has 15 heavy (non-hydrogen) atoms. The summed E-state index contributed by atoms with van der Waals surface area (Å²) in [5.41, 5.74) is 1.50. The predicted molar refractivity (Wildman–Crippen MR) is 55.6 cm³/mol. The zero-order valence-corrected chi connectivity index (χ0v) is 9.33. The van der Waals surface area contributed by atoms with Gasteiger partial charge in [0.05, 0.1) is 16.8 Å². The molecule has 4 nitrogen and oxygen atoms in total. The number of nitrogens with one attached hydrogen (secondary N) is 1. The van der Waals surface area contributed by atoms with E-state index in [1.165, 1.54) is 12.8 Å². The third-order valence-electron chi connectivity index (χ3n) is 3.77. The van der Waals surface area contributed by atoms with E-state index >= 15 is 0 Å². The lowest BCUT2D eigenvalue weighted by Gasteiger charge is -2.34. The number of fused-ring (bicyclic) bond motifs is 1. The van der Waals surface area contributed by atoms with Crippen molar-refractivity contribution in [1.82, 2.24) is 10.1 Å². The maximum Gasteiger partial charge on any atom is 0.362 e. The summed E-state index contributed by atoms with van der Waals surface area (Å²) in [6, 6.07) is 0.834. The van der Waals surface area contributed by atoms with Crippen molar-refractivity contribution < 1.29 is 4.52 Å². The average Bonchev–Trinajstić information content (AvgIpc) is 2.83. The van der Waals surface area contributed by atoms with E-state index < -0.39 is 0 Å². The van der Waals surface area contributed by atoms with E-state index in [1.807, 2.05) is 0 Å². The van der Waals surface area contributed by atoms with Crippen LogP contribution in [0.1, 0.15) is 50.9 Å². The molecule has 1 aromatic rings. The van der Waals surface area contributed by atoms with Crippen molar-refractivity contribution in [2.45, 2.75) is 51.2 Å². The molecule has 2 aliphatic rings. The highest BCUT2D eigenvalue weighted by Crippen LogP contribution is 2.49. The predicted octanol–water partition coefficient (Wildman–Crippen LogP) is 1.74. The smallest absolute Gasteiger partial charge is 0.338 e. The van der Waals surface area contributed by atoms with Gasteiger partial charge in [0.25, 0.3) is 0 Å². The van der Waals surface area contributed by atoms with E-state index in [-0.39, 0.29) is 17.2 Å². The lowest BCUT2D eigenvalue weighted by molar-refractivity contribution is 0.0826. The van der Waals surface area contributed by atoms with Gasteiger partial charge in [0.1, 0.15) is 0 Å². The molecule has 1 N–H and O–H groups in total.